The lowest BCUT2D eigenvalue weighted by Gasteiger charge is -2.27. The van der Waals surface area contributed by atoms with Crippen molar-refractivity contribution in [2.24, 2.45) is 0 Å². The summed E-state index contributed by atoms with van der Waals surface area (Å²) in [4.78, 5) is 20.0. The van der Waals surface area contributed by atoms with Gasteiger partial charge in [0.2, 0.25) is 16.9 Å². The zero-order valence-corrected chi connectivity index (χ0v) is 19.2. The highest BCUT2D eigenvalue weighted by Gasteiger charge is 2.32. The molecule has 1 atom stereocenters. The number of unbranched alkanes of at least 4 members (excludes halogenated alkanes) is 2. The molecule has 6 nitrogen and oxygen atoms in total. The fourth-order valence-corrected chi connectivity index (χ4v) is 4.76. The Morgan fingerprint density at radius 3 is 2.87 bits per heavy atom. The maximum Gasteiger partial charge on any atom is 0.247 e. The zero-order valence-electron chi connectivity index (χ0n) is 17.5. The van der Waals surface area contributed by atoms with Crippen LogP contribution in [0.2, 0.25) is 0 Å². The number of thiophene rings is 1. The molecule has 1 aromatic carbocycles. The molecule has 0 aliphatic carbocycles. The third-order valence-corrected chi connectivity index (χ3v) is 6.59. The molecule has 1 aliphatic heterocycles. The van der Waals surface area contributed by atoms with Gasteiger partial charge in [0.1, 0.15) is 0 Å². The third kappa shape index (κ3) is 4.97. The van der Waals surface area contributed by atoms with E-state index in [1.54, 1.807) is 28.0 Å². The molecule has 0 saturated carbocycles. The van der Waals surface area contributed by atoms with E-state index in [2.05, 4.69) is 22.1 Å². The molecule has 0 N–H and O–H groups in total. The fourth-order valence-electron chi connectivity index (χ4n) is 3.35. The lowest BCUT2D eigenvalue weighted by molar-refractivity contribution is -0.117. The van der Waals surface area contributed by atoms with Gasteiger partial charge in [0.25, 0.3) is 0 Å². The summed E-state index contributed by atoms with van der Waals surface area (Å²) in [7, 11) is 0. The molecular formula is C23H24N4O2S2. The van der Waals surface area contributed by atoms with Crippen molar-refractivity contribution in [3.8, 4) is 17.1 Å². The Morgan fingerprint density at radius 2 is 2.10 bits per heavy atom. The fraction of sp³-hybridized carbons (Fsp3) is 0.304. The van der Waals surface area contributed by atoms with Crippen LogP contribution in [0.25, 0.3) is 17.3 Å². The van der Waals surface area contributed by atoms with Gasteiger partial charge in [0.05, 0.1) is 5.69 Å². The molecule has 1 aliphatic rings. The summed E-state index contributed by atoms with van der Waals surface area (Å²) in [6, 6.07) is 11.6. The van der Waals surface area contributed by atoms with E-state index in [1.807, 2.05) is 53.9 Å². The van der Waals surface area contributed by atoms with Crippen LogP contribution in [0.4, 0.5) is 5.69 Å². The standard InChI is InChI=1S/C23H24N4O2S2/c1-3-4-7-14-31-23-24-22-21(25-26-23)18-10-5-6-11-19(18)27(16(2)28)20(29-22)13-12-17-9-8-15-30-17/h5-6,8-13,15,20H,3-4,7,14H2,1-2H3. The second-order valence-electron chi connectivity index (χ2n) is 7.09. The van der Waals surface area contributed by atoms with Crippen LogP contribution in [-0.2, 0) is 4.79 Å². The number of carbonyl (C=O) groups excluding carboxylic acids is 1. The molecule has 1 unspecified atom stereocenters. The number of aromatic nitrogens is 3. The van der Waals surface area contributed by atoms with Gasteiger partial charge >= 0.3 is 0 Å². The summed E-state index contributed by atoms with van der Waals surface area (Å²) in [5.41, 5.74) is 2.06. The minimum absolute atomic E-state index is 0.122. The van der Waals surface area contributed by atoms with Crippen molar-refractivity contribution in [2.45, 2.75) is 44.5 Å². The van der Waals surface area contributed by atoms with Crippen molar-refractivity contribution >= 4 is 40.8 Å². The van der Waals surface area contributed by atoms with Crippen molar-refractivity contribution in [3.05, 3.63) is 52.7 Å². The van der Waals surface area contributed by atoms with E-state index in [1.165, 1.54) is 19.8 Å². The van der Waals surface area contributed by atoms with Gasteiger partial charge in [0, 0.05) is 23.1 Å². The molecule has 0 fully saturated rings. The van der Waals surface area contributed by atoms with Gasteiger partial charge in [-0.25, -0.2) is 0 Å². The van der Waals surface area contributed by atoms with Crippen LogP contribution in [0.5, 0.6) is 5.88 Å². The minimum Gasteiger partial charge on any atom is -0.448 e. The number of amides is 1. The Morgan fingerprint density at radius 1 is 1.23 bits per heavy atom. The average molecular weight is 453 g/mol. The molecular weight excluding hydrogens is 428 g/mol. The first-order chi connectivity index (χ1) is 15.2. The first-order valence-electron chi connectivity index (χ1n) is 10.3. The van der Waals surface area contributed by atoms with E-state index < -0.39 is 6.23 Å². The van der Waals surface area contributed by atoms with Crippen LogP contribution < -0.4 is 9.64 Å². The first kappa shape index (κ1) is 21.5. The van der Waals surface area contributed by atoms with Crippen molar-refractivity contribution < 1.29 is 9.53 Å². The molecule has 2 aromatic heterocycles. The maximum absolute atomic E-state index is 12.7. The second kappa shape index (κ2) is 10.1. The monoisotopic (exact) mass is 452 g/mol. The number of carbonyl (C=O) groups is 1. The number of benzene rings is 1. The molecule has 0 saturated heterocycles. The van der Waals surface area contributed by atoms with Gasteiger partial charge in [0.15, 0.2) is 11.9 Å². The lowest BCUT2D eigenvalue weighted by Crippen LogP contribution is -2.41. The van der Waals surface area contributed by atoms with Crippen LogP contribution in [0, 0.1) is 0 Å². The molecule has 4 rings (SSSR count). The van der Waals surface area contributed by atoms with Gasteiger partial charge in [-0.1, -0.05) is 55.8 Å². The Balaban J connectivity index is 1.73. The highest BCUT2D eigenvalue weighted by Crippen LogP contribution is 2.39. The highest BCUT2D eigenvalue weighted by atomic mass is 32.2. The number of anilines is 1. The molecule has 1 amide bonds. The zero-order chi connectivity index (χ0) is 21.6. The van der Waals surface area contributed by atoms with Gasteiger partial charge < -0.3 is 4.74 Å². The molecule has 3 aromatic rings. The first-order valence-corrected chi connectivity index (χ1v) is 12.2. The lowest BCUT2D eigenvalue weighted by atomic mass is 10.1. The predicted octanol–water partition coefficient (Wildman–Crippen LogP) is 5.67. The molecule has 0 spiro atoms. The number of hydrogen-bond donors (Lipinski definition) is 0. The van der Waals surface area contributed by atoms with Crippen LogP contribution in [0.3, 0.4) is 0 Å². The number of nitrogens with zero attached hydrogens (tertiary/aromatic N) is 4. The van der Waals surface area contributed by atoms with Crippen molar-refractivity contribution in [1.82, 2.24) is 15.2 Å². The summed E-state index contributed by atoms with van der Waals surface area (Å²) < 4.78 is 6.28. The summed E-state index contributed by atoms with van der Waals surface area (Å²) in [6.45, 7) is 3.72. The van der Waals surface area contributed by atoms with Gasteiger partial charge in [-0.05, 0) is 36.1 Å². The topological polar surface area (TPSA) is 68.2 Å². The van der Waals surface area contributed by atoms with E-state index >= 15 is 0 Å². The average Bonchev–Trinajstić information content (AvgIpc) is 3.24. The molecule has 0 bridgehead atoms. The van der Waals surface area contributed by atoms with Crippen LogP contribution >= 0.6 is 23.1 Å². The van der Waals surface area contributed by atoms with Crippen molar-refractivity contribution in [1.29, 1.82) is 0 Å². The van der Waals surface area contributed by atoms with Crippen molar-refractivity contribution in [2.75, 3.05) is 10.7 Å². The Kier molecular flexibility index (Phi) is 6.99. The number of fused-ring (bicyclic) bond motifs is 3. The van der Waals surface area contributed by atoms with E-state index in [9.17, 15) is 4.79 Å². The predicted molar refractivity (Wildman–Crippen MR) is 126 cm³/mol. The van der Waals surface area contributed by atoms with E-state index in [0.29, 0.717) is 16.7 Å². The van der Waals surface area contributed by atoms with Crippen molar-refractivity contribution in [3.63, 3.8) is 0 Å². The molecule has 31 heavy (non-hydrogen) atoms. The normalized spacial score (nSPS) is 15.3. The summed E-state index contributed by atoms with van der Waals surface area (Å²) >= 11 is 3.21. The largest absolute Gasteiger partial charge is 0.448 e. The van der Waals surface area contributed by atoms with Crippen LogP contribution in [0.15, 0.2) is 53.0 Å². The molecule has 3 heterocycles. The van der Waals surface area contributed by atoms with Gasteiger partial charge in [-0.3, -0.25) is 9.69 Å². The van der Waals surface area contributed by atoms with E-state index in [-0.39, 0.29) is 5.91 Å². The van der Waals surface area contributed by atoms with Crippen LogP contribution in [0.1, 0.15) is 38.0 Å². The Bertz CT molecular complexity index is 1070. The summed E-state index contributed by atoms with van der Waals surface area (Å²) in [6.07, 6.45) is 6.66. The Hall–Kier alpha value is -2.71. The maximum atomic E-state index is 12.7. The smallest absolute Gasteiger partial charge is 0.247 e. The number of rotatable bonds is 7. The van der Waals surface area contributed by atoms with E-state index in [4.69, 9.17) is 4.74 Å². The summed E-state index contributed by atoms with van der Waals surface area (Å²) in [5.74, 6) is 1.21. The molecule has 160 valence electrons. The van der Waals surface area contributed by atoms with Crippen LogP contribution in [-0.4, -0.2) is 33.1 Å². The second-order valence-corrected chi connectivity index (χ2v) is 9.13. The third-order valence-electron chi connectivity index (χ3n) is 4.83. The summed E-state index contributed by atoms with van der Waals surface area (Å²) in [5, 5.41) is 11.4. The number of hydrogen-bond acceptors (Lipinski definition) is 7. The molecule has 8 heteroatoms. The molecule has 0 radical (unpaired) electrons. The number of ether oxygens (including phenoxy) is 1. The Labute approximate surface area is 190 Å². The van der Waals surface area contributed by atoms with Gasteiger partial charge in [-0.15, -0.1) is 21.5 Å². The highest BCUT2D eigenvalue weighted by molar-refractivity contribution is 7.99. The number of thioether (sulfide) groups is 1. The quantitative estimate of drug-likeness (QED) is 0.340. The minimum atomic E-state index is -0.642. The van der Waals surface area contributed by atoms with Gasteiger partial charge in [-0.2, -0.15) is 4.98 Å². The SMILES string of the molecule is CCCCCSc1nnc2c(n1)OC(C=Cc1cccs1)N(C(C)=O)c1ccccc1-2. The number of para-hydroxylation sites is 1. The van der Waals surface area contributed by atoms with E-state index in [0.717, 1.165) is 28.3 Å².